The summed E-state index contributed by atoms with van der Waals surface area (Å²) in [6.45, 7) is 1.79. The maximum absolute atomic E-state index is 13.2. The molecule has 1 N–H and O–H groups in total. The molecule has 0 saturated carbocycles. The molecule has 0 fully saturated rings. The van der Waals surface area contributed by atoms with Gasteiger partial charge in [-0.25, -0.2) is 4.39 Å². The number of rotatable bonds is 5. The quantitative estimate of drug-likeness (QED) is 0.660. The molecule has 0 aliphatic carbocycles. The number of anilines is 1. The lowest BCUT2D eigenvalue weighted by molar-refractivity contribution is -0.113. The van der Waals surface area contributed by atoms with Crippen molar-refractivity contribution < 1.29 is 13.6 Å². The van der Waals surface area contributed by atoms with Crippen molar-refractivity contribution in [3.63, 3.8) is 0 Å². The van der Waals surface area contributed by atoms with Crippen LogP contribution in [0.15, 0.2) is 52.1 Å². The highest BCUT2D eigenvalue weighted by atomic mass is 35.5. The van der Waals surface area contributed by atoms with E-state index in [4.69, 9.17) is 16.0 Å². The molecule has 8 heteroatoms. The minimum atomic E-state index is -0.406. The van der Waals surface area contributed by atoms with Gasteiger partial charge in [-0.3, -0.25) is 4.79 Å². The molecule has 0 bridgehead atoms. The number of nitrogens with zero attached hydrogens (tertiary/aromatic N) is 2. The molecule has 2 aromatic carbocycles. The number of nitrogens with one attached hydrogen (secondary N) is 1. The summed E-state index contributed by atoms with van der Waals surface area (Å²) in [5.74, 6) is -0.308. The van der Waals surface area contributed by atoms with Crippen LogP contribution in [0.1, 0.15) is 5.56 Å². The molecule has 1 aromatic heterocycles. The number of thioether (sulfide) groups is 1. The first-order valence-electron chi connectivity index (χ1n) is 7.29. The van der Waals surface area contributed by atoms with Crippen molar-refractivity contribution in [3.8, 4) is 11.5 Å². The molecule has 0 aliphatic rings. The topological polar surface area (TPSA) is 68.0 Å². The summed E-state index contributed by atoms with van der Waals surface area (Å²) in [6.07, 6.45) is 0. The van der Waals surface area contributed by atoms with Gasteiger partial charge in [0.05, 0.1) is 5.75 Å². The van der Waals surface area contributed by atoms with Crippen LogP contribution >= 0.6 is 23.4 Å². The first-order chi connectivity index (χ1) is 12.0. The average molecular weight is 378 g/mol. The number of amides is 1. The van der Waals surface area contributed by atoms with Crippen LogP contribution in [0, 0.1) is 12.7 Å². The third kappa shape index (κ3) is 4.58. The van der Waals surface area contributed by atoms with E-state index >= 15 is 0 Å². The molecule has 3 rings (SSSR count). The maximum Gasteiger partial charge on any atom is 0.277 e. The number of hydrogen-bond acceptors (Lipinski definition) is 5. The summed E-state index contributed by atoms with van der Waals surface area (Å²) in [7, 11) is 0. The van der Waals surface area contributed by atoms with Gasteiger partial charge in [-0.05, 0) is 42.8 Å². The molecule has 5 nitrogen and oxygen atoms in total. The number of hydrogen-bond donors (Lipinski definition) is 1. The van der Waals surface area contributed by atoms with E-state index < -0.39 is 5.82 Å². The second-order valence-electron chi connectivity index (χ2n) is 5.18. The Balaban J connectivity index is 1.60. The van der Waals surface area contributed by atoms with Crippen LogP contribution in [0.2, 0.25) is 5.02 Å². The Bertz CT molecular complexity index is 916. The molecule has 0 atom stereocenters. The minimum Gasteiger partial charge on any atom is -0.411 e. The van der Waals surface area contributed by atoms with E-state index in [1.54, 1.807) is 37.3 Å². The van der Waals surface area contributed by atoms with Crippen molar-refractivity contribution in [3.05, 3.63) is 58.9 Å². The van der Waals surface area contributed by atoms with Crippen molar-refractivity contribution >= 4 is 35.0 Å². The van der Waals surface area contributed by atoms with Crippen LogP contribution in [0.3, 0.4) is 0 Å². The molecule has 1 amide bonds. The molecule has 0 saturated heterocycles. The van der Waals surface area contributed by atoms with Crippen molar-refractivity contribution in [1.82, 2.24) is 10.2 Å². The lowest BCUT2D eigenvalue weighted by Gasteiger charge is -2.07. The Kier molecular flexibility index (Phi) is 5.35. The Labute approximate surface area is 152 Å². The first kappa shape index (κ1) is 17.4. The largest absolute Gasteiger partial charge is 0.411 e. The zero-order valence-corrected chi connectivity index (χ0v) is 14.7. The Hall–Kier alpha value is -2.38. The fraction of sp³-hybridized carbons (Fsp3) is 0.118. The second kappa shape index (κ2) is 7.67. The Morgan fingerprint density at radius 3 is 2.92 bits per heavy atom. The summed E-state index contributed by atoms with van der Waals surface area (Å²) < 4.78 is 18.8. The molecule has 25 heavy (non-hydrogen) atoms. The highest BCUT2D eigenvalue weighted by Crippen LogP contribution is 2.25. The van der Waals surface area contributed by atoms with Gasteiger partial charge in [0.15, 0.2) is 0 Å². The monoisotopic (exact) mass is 377 g/mol. The van der Waals surface area contributed by atoms with Gasteiger partial charge in [-0.2, -0.15) is 0 Å². The van der Waals surface area contributed by atoms with E-state index in [-0.39, 0.29) is 16.9 Å². The highest BCUT2D eigenvalue weighted by molar-refractivity contribution is 7.99. The van der Waals surface area contributed by atoms with E-state index in [1.807, 2.05) is 0 Å². The Morgan fingerprint density at radius 2 is 2.12 bits per heavy atom. The lowest BCUT2D eigenvalue weighted by Crippen LogP contribution is -2.15. The van der Waals surface area contributed by atoms with E-state index in [9.17, 15) is 9.18 Å². The van der Waals surface area contributed by atoms with Crippen LogP contribution in [-0.2, 0) is 4.79 Å². The van der Waals surface area contributed by atoms with Gasteiger partial charge >= 0.3 is 0 Å². The number of carbonyl (C=O) groups is 1. The van der Waals surface area contributed by atoms with Crippen LogP contribution < -0.4 is 5.32 Å². The van der Waals surface area contributed by atoms with Gasteiger partial charge in [0.1, 0.15) is 5.82 Å². The molecule has 3 aromatic rings. The van der Waals surface area contributed by atoms with Gasteiger partial charge in [-0.1, -0.05) is 35.5 Å². The van der Waals surface area contributed by atoms with E-state index in [1.165, 1.54) is 12.1 Å². The van der Waals surface area contributed by atoms with Crippen LogP contribution in [0.5, 0.6) is 0 Å². The Morgan fingerprint density at radius 1 is 1.28 bits per heavy atom. The molecule has 0 spiro atoms. The van der Waals surface area contributed by atoms with Gasteiger partial charge < -0.3 is 9.73 Å². The predicted molar refractivity (Wildman–Crippen MR) is 95.2 cm³/mol. The summed E-state index contributed by atoms with van der Waals surface area (Å²) >= 11 is 7.03. The zero-order chi connectivity index (χ0) is 17.8. The highest BCUT2D eigenvalue weighted by Gasteiger charge is 2.12. The summed E-state index contributed by atoms with van der Waals surface area (Å²) in [5, 5.41) is 11.3. The van der Waals surface area contributed by atoms with Gasteiger partial charge in [0.2, 0.25) is 11.8 Å². The predicted octanol–water partition coefficient (Wildman–Crippen LogP) is 4.57. The third-order valence-corrected chi connectivity index (χ3v) is 4.33. The van der Waals surface area contributed by atoms with Crippen LogP contribution in [0.4, 0.5) is 10.1 Å². The van der Waals surface area contributed by atoms with Gasteiger partial charge in [0.25, 0.3) is 5.22 Å². The molecule has 0 unspecified atom stereocenters. The van der Waals surface area contributed by atoms with Crippen LogP contribution in [0.25, 0.3) is 11.5 Å². The molecule has 0 radical (unpaired) electrons. The number of aromatic nitrogens is 2. The van der Waals surface area contributed by atoms with E-state index in [2.05, 4.69) is 15.5 Å². The molecule has 1 heterocycles. The standard InChI is InChI=1S/C17H13ClFN3O2S/c1-10-5-6-13(19)8-14(10)20-15(23)9-25-17-22-21-16(24-17)11-3-2-4-12(18)7-11/h2-8H,9H2,1H3,(H,20,23). The van der Waals surface area contributed by atoms with Crippen molar-refractivity contribution in [2.75, 3.05) is 11.1 Å². The maximum atomic E-state index is 13.2. The minimum absolute atomic E-state index is 0.0626. The smallest absolute Gasteiger partial charge is 0.277 e. The van der Waals surface area contributed by atoms with Crippen LogP contribution in [-0.4, -0.2) is 21.9 Å². The SMILES string of the molecule is Cc1ccc(F)cc1NC(=O)CSc1nnc(-c2cccc(Cl)c2)o1. The van der Waals surface area contributed by atoms with Gasteiger partial charge in [0, 0.05) is 16.3 Å². The van der Waals surface area contributed by atoms with Crippen molar-refractivity contribution in [1.29, 1.82) is 0 Å². The summed E-state index contributed by atoms with van der Waals surface area (Å²) in [4.78, 5) is 12.0. The number of halogens is 2. The zero-order valence-electron chi connectivity index (χ0n) is 13.1. The number of benzene rings is 2. The normalized spacial score (nSPS) is 10.7. The van der Waals surface area contributed by atoms with E-state index in [0.717, 1.165) is 17.3 Å². The summed E-state index contributed by atoms with van der Waals surface area (Å²) in [6, 6.07) is 11.3. The van der Waals surface area contributed by atoms with Crippen molar-refractivity contribution in [2.24, 2.45) is 0 Å². The molecular weight excluding hydrogens is 365 g/mol. The molecule has 128 valence electrons. The van der Waals surface area contributed by atoms with E-state index in [0.29, 0.717) is 22.2 Å². The molecular formula is C17H13ClFN3O2S. The average Bonchev–Trinajstić information content (AvgIpc) is 3.05. The molecule has 0 aliphatic heterocycles. The second-order valence-corrected chi connectivity index (χ2v) is 6.54. The first-order valence-corrected chi connectivity index (χ1v) is 8.66. The summed E-state index contributed by atoms with van der Waals surface area (Å²) in [5.41, 5.74) is 1.92. The number of aryl methyl sites for hydroxylation is 1. The lowest BCUT2D eigenvalue weighted by atomic mass is 10.2. The third-order valence-electron chi connectivity index (χ3n) is 3.28. The number of carbonyl (C=O) groups excluding carboxylic acids is 1. The fourth-order valence-corrected chi connectivity index (χ4v) is 2.80. The fourth-order valence-electron chi connectivity index (χ4n) is 2.05. The van der Waals surface area contributed by atoms with Gasteiger partial charge in [-0.15, -0.1) is 10.2 Å². The van der Waals surface area contributed by atoms with Crippen molar-refractivity contribution in [2.45, 2.75) is 12.1 Å².